The van der Waals surface area contributed by atoms with Crippen LogP contribution in [0.2, 0.25) is 0 Å². The largest absolute Gasteiger partial charge is 0.280 e. The highest BCUT2D eigenvalue weighted by molar-refractivity contribution is 8.12. The molecule has 0 spiro atoms. The maximum atomic E-state index is 12.8. The fourth-order valence-corrected chi connectivity index (χ4v) is 1.00. The summed E-state index contributed by atoms with van der Waals surface area (Å²) >= 11 is 0.355. The van der Waals surface area contributed by atoms with Crippen LogP contribution in [-0.2, 0) is 0 Å². The van der Waals surface area contributed by atoms with Crippen LogP contribution in [0.25, 0.3) is 0 Å². The Hall–Kier alpha value is -0.940. The summed E-state index contributed by atoms with van der Waals surface area (Å²) < 4.78 is 25.2. The van der Waals surface area contributed by atoms with E-state index in [4.69, 9.17) is 5.14 Å². The molecule has 12 heavy (non-hydrogen) atoms. The van der Waals surface area contributed by atoms with Crippen molar-refractivity contribution in [3.8, 4) is 0 Å². The van der Waals surface area contributed by atoms with Crippen LogP contribution in [0, 0.1) is 11.6 Å². The van der Waals surface area contributed by atoms with Gasteiger partial charge in [0.2, 0.25) is 5.12 Å². The highest BCUT2D eigenvalue weighted by atomic mass is 32.2. The lowest BCUT2D eigenvalue weighted by Gasteiger charge is -1.98. The highest BCUT2D eigenvalue weighted by Gasteiger charge is 2.11. The van der Waals surface area contributed by atoms with Crippen molar-refractivity contribution in [2.75, 3.05) is 0 Å². The molecule has 0 atom stereocenters. The van der Waals surface area contributed by atoms with Gasteiger partial charge in [0.25, 0.3) is 0 Å². The summed E-state index contributed by atoms with van der Waals surface area (Å²) in [7, 11) is 0. The summed E-state index contributed by atoms with van der Waals surface area (Å²) in [5.74, 6) is -1.42. The van der Waals surface area contributed by atoms with E-state index >= 15 is 0 Å². The van der Waals surface area contributed by atoms with Gasteiger partial charge in [-0.2, -0.15) is 0 Å². The second kappa shape index (κ2) is 3.64. The third-order valence-corrected chi connectivity index (χ3v) is 1.69. The number of rotatable bonds is 1. The lowest BCUT2D eigenvalue weighted by Crippen LogP contribution is -2.01. The summed E-state index contributed by atoms with van der Waals surface area (Å²) in [5.41, 5.74) is -0.331. The average Bonchev–Trinajstić information content (AvgIpc) is 2.08. The number of nitrogens with two attached hydrogens (primary N) is 1. The molecule has 2 N–H and O–H groups in total. The molecule has 0 fully saturated rings. The first-order valence-corrected chi connectivity index (χ1v) is 3.89. The van der Waals surface area contributed by atoms with Crippen molar-refractivity contribution in [2.45, 2.75) is 0 Å². The monoisotopic (exact) mass is 189 g/mol. The summed E-state index contributed by atoms with van der Waals surface area (Å²) in [6.45, 7) is 0. The Bertz CT molecular complexity index is 316. The lowest BCUT2D eigenvalue weighted by atomic mass is 10.2. The number of carbonyl (C=O) groups is 1. The van der Waals surface area contributed by atoms with Crippen LogP contribution >= 0.6 is 11.9 Å². The van der Waals surface area contributed by atoms with Gasteiger partial charge in [-0.15, -0.1) is 0 Å². The van der Waals surface area contributed by atoms with E-state index in [2.05, 4.69) is 0 Å². The van der Waals surface area contributed by atoms with Gasteiger partial charge >= 0.3 is 0 Å². The van der Waals surface area contributed by atoms with Crippen molar-refractivity contribution in [2.24, 2.45) is 5.14 Å². The Labute approximate surface area is 71.9 Å². The maximum Gasteiger partial charge on any atom is 0.236 e. The van der Waals surface area contributed by atoms with E-state index in [0.29, 0.717) is 11.9 Å². The first kappa shape index (κ1) is 9.15. The number of hydrogen-bond donors (Lipinski definition) is 1. The van der Waals surface area contributed by atoms with Gasteiger partial charge in [-0.3, -0.25) is 9.93 Å². The van der Waals surface area contributed by atoms with Gasteiger partial charge in [0, 0.05) is 0 Å². The molecule has 2 nitrogen and oxygen atoms in total. The second-order valence-electron chi connectivity index (χ2n) is 2.03. The molecule has 5 heteroatoms. The Morgan fingerprint density at radius 2 is 2.08 bits per heavy atom. The first-order valence-electron chi connectivity index (χ1n) is 3.01. The molecule has 0 aliphatic rings. The van der Waals surface area contributed by atoms with Gasteiger partial charge in [-0.25, -0.2) is 8.78 Å². The molecule has 0 heterocycles. The van der Waals surface area contributed by atoms with E-state index < -0.39 is 16.7 Å². The van der Waals surface area contributed by atoms with E-state index in [1.165, 1.54) is 0 Å². The molecule has 0 amide bonds. The molecule has 0 aliphatic carbocycles. The molecule has 1 aromatic carbocycles. The number of hydrogen-bond acceptors (Lipinski definition) is 3. The zero-order chi connectivity index (χ0) is 9.14. The SMILES string of the molecule is NSC(=O)c1cc(F)ccc1F. The zero-order valence-corrected chi connectivity index (χ0v) is 6.70. The number of carbonyl (C=O) groups excluding carboxylic acids is 1. The summed E-state index contributed by atoms with van der Waals surface area (Å²) in [6.07, 6.45) is 0. The third-order valence-electron chi connectivity index (χ3n) is 1.26. The normalized spacial score (nSPS) is 9.92. The molecule has 0 aromatic heterocycles. The van der Waals surface area contributed by atoms with Crippen LogP contribution in [0.15, 0.2) is 18.2 Å². The van der Waals surface area contributed by atoms with Gasteiger partial charge < -0.3 is 0 Å². The summed E-state index contributed by atoms with van der Waals surface area (Å²) in [4.78, 5) is 10.8. The number of halogens is 2. The molecule has 64 valence electrons. The van der Waals surface area contributed by atoms with E-state index in [9.17, 15) is 13.6 Å². The van der Waals surface area contributed by atoms with Crippen LogP contribution in [0.1, 0.15) is 10.4 Å². The molecule has 0 radical (unpaired) electrons. The standard InChI is InChI=1S/C7H5F2NOS/c8-4-1-2-6(9)5(3-4)7(11)12-10/h1-3H,10H2. The van der Waals surface area contributed by atoms with Crippen molar-refractivity contribution < 1.29 is 13.6 Å². The van der Waals surface area contributed by atoms with E-state index in [-0.39, 0.29) is 5.56 Å². The average molecular weight is 189 g/mol. The van der Waals surface area contributed by atoms with Crippen LogP contribution in [0.4, 0.5) is 8.78 Å². The fraction of sp³-hybridized carbons (Fsp3) is 0. The molecule has 0 saturated carbocycles. The van der Waals surface area contributed by atoms with Gasteiger partial charge in [0.1, 0.15) is 11.6 Å². The van der Waals surface area contributed by atoms with E-state index in [1.807, 2.05) is 0 Å². The van der Waals surface area contributed by atoms with Gasteiger partial charge in [0.15, 0.2) is 0 Å². The Kier molecular flexibility index (Phi) is 2.78. The molecule has 1 aromatic rings. The van der Waals surface area contributed by atoms with E-state index in [1.54, 1.807) is 0 Å². The quantitative estimate of drug-likeness (QED) is 0.684. The van der Waals surface area contributed by atoms with Crippen LogP contribution in [-0.4, -0.2) is 5.12 Å². The highest BCUT2D eigenvalue weighted by Crippen LogP contribution is 2.13. The van der Waals surface area contributed by atoms with Crippen molar-refractivity contribution in [1.29, 1.82) is 0 Å². The zero-order valence-electron chi connectivity index (χ0n) is 5.88. The molecule has 0 aliphatic heterocycles. The Morgan fingerprint density at radius 3 is 2.67 bits per heavy atom. The third kappa shape index (κ3) is 1.80. The van der Waals surface area contributed by atoms with Gasteiger partial charge in [0.05, 0.1) is 5.56 Å². The van der Waals surface area contributed by atoms with Gasteiger partial charge in [-0.1, -0.05) is 0 Å². The fourth-order valence-electron chi connectivity index (χ4n) is 0.717. The van der Waals surface area contributed by atoms with Crippen molar-refractivity contribution >= 4 is 17.1 Å². The molecule has 0 unspecified atom stereocenters. The van der Waals surface area contributed by atoms with E-state index in [0.717, 1.165) is 18.2 Å². The topological polar surface area (TPSA) is 43.1 Å². The summed E-state index contributed by atoms with van der Waals surface area (Å²) in [6, 6.07) is 2.64. The molecule has 0 bridgehead atoms. The Morgan fingerprint density at radius 1 is 1.42 bits per heavy atom. The van der Waals surface area contributed by atoms with Crippen molar-refractivity contribution in [3.63, 3.8) is 0 Å². The number of benzene rings is 1. The smallest absolute Gasteiger partial charge is 0.236 e. The predicted molar refractivity (Wildman–Crippen MR) is 42.5 cm³/mol. The van der Waals surface area contributed by atoms with Crippen LogP contribution < -0.4 is 5.14 Å². The minimum absolute atomic E-state index is 0.331. The molecular weight excluding hydrogens is 184 g/mol. The Balaban J connectivity index is 3.13. The minimum Gasteiger partial charge on any atom is -0.280 e. The predicted octanol–water partition coefficient (Wildman–Crippen LogP) is 1.71. The molecular formula is C7H5F2NOS. The maximum absolute atomic E-state index is 12.8. The second-order valence-corrected chi connectivity index (χ2v) is 2.64. The van der Waals surface area contributed by atoms with Crippen molar-refractivity contribution in [3.05, 3.63) is 35.4 Å². The minimum atomic E-state index is -0.764. The van der Waals surface area contributed by atoms with Crippen LogP contribution in [0.5, 0.6) is 0 Å². The van der Waals surface area contributed by atoms with Gasteiger partial charge in [-0.05, 0) is 30.1 Å². The summed E-state index contributed by atoms with van der Waals surface area (Å²) in [5, 5.41) is 4.21. The molecule has 0 saturated heterocycles. The first-order chi connectivity index (χ1) is 5.65. The van der Waals surface area contributed by atoms with Crippen LogP contribution in [0.3, 0.4) is 0 Å². The van der Waals surface area contributed by atoms with Crippen molar-refractivity contribution in [1.82, 2.24) is 0 Å². The molecule has 1 rings (SSSR count). The lowest BCUT2D eigenvalue weighted by molar-refractivity contribution is 0.108.